The molecule has 2 N–H and O–H groups in total. The van der Waals surface area contributed by atoms with Gasteiger partial charge in [-0.25, -0.2) is 0 Å². The van der Waals surface area contributed by atoms with Crippen LogP contribution in [0.3, 0.4) is 0 Å². The van der Waals surface area contributed by atoms with E-state index in [1.807, 2.05) is 18.7 Å². The van der Waals surface area contributed by atoms with Crippen molar-refractivity contribution in [3.8, 4) is 0 Å². The van der Waals surface area contributed by atoms with Crippen LogP contribution in [0, 0.1) is 0 Å². The molecule has 0 atom stereocenters. The van der Waals surface area contributed by atoms with Crippen LogP contribution >= 0.6 is 23.5 Å². The van der Waals surface area contributed by atoms with Crippen LogP contribution in [0.25, 0.3) is 0 Å². The van der Waals surface area contributed by atoms with Gasteiger partial charge in [0.25, 0.3) is 5.91 Å². The van der Waals surface area contributed by atoms with E-state index in [9.17, 15) is 18.0 Å². The highest BCUT2D eigenvalue weighted by Crippen LogP contribution is 2.38. The Labute approximate surface area is 177 Å². The molecule has 2 heterocycles. The SMILES string of the molecule is CCc1[nH]c(CC)c(C(=O)N2CCCC2)c1SNc1ccc(C(F)(F)F)c(Cl)c1. The molecule has 1 amide bonds. The molecule has 0 radical (unpaired) electrons. The molecule has 1 fully saturated rings. The van der Waals surface area contributed by atoms with E-state index in [1.54, 1.807) is 0 Å². The highest BCUT2D eigenvalue weighted by molar-refractivity contribution is 8.00. The van der Waals surface area contributed by atoms with Crippen molar-refractivity contribution in [3.05, 3.63) is 45.7 Å². The minimum atomic E-state index is -4.50. The van der Waals surface area contributed by atoms with Crippen LogP contribution in [0.1, 0.15) is 54.0 Å². The minimum Gasteiger partial charge on any atom is -0.361 e. The summed E-state index contributed by atoms with van der Waals surface area (Å²) in [5.74, 6) is 0.00468. The summed E-state index contributed by atoms with van der Waals surface area (Å²) in [6.07, 6.45) is -1.09. The molecular weight excluding hydrogens is 423 g/mol. The van der Waals surface area contributed by atoms with E-state index in [1.165, 1.54) is 24.1 Å². The number of nitrogens with one attached hydrogen (secondary N) is 2. The molecule has 29 heavy (non-hydrogen) atoms. The Kier molecular flexibility index (Phi) is 6.73. The number of carbonyl (C=O) groups is 1. The maximum absolute atomic E-state index is 13.1. The molecule has 9 heteroatoms. The number of aromatic nitrogens is 1. The number of alkyl halides is 3. The molecule has 1 saturated heterocycles. The van der Waals surface area contributed by atoms with Gasteiger partial charge >= 0.3 is 6.18 Å². The van der Waals surface area contributed by atoms with Crippen LogP contribution in [0.5, 0.6) is 0 Å². The Morgan fingerprint density at radius 2 is 1.86 bits per heavy atom. The number of hydrogen-bond acceptors (Lipinski definition) is 3. The number of benzene rings is 1. The fraction of sp³-hybridized carbons (Fsp3) is 0.450. The number of aryl methyl sites for hydroxylation is 2. The number of carbonyl (C=O) groups excluding carboxylic acids is 1. The summed E-state index contributed by atoms with van der Waals surface area (Å²) in [6.45, 7) is 5.49. The van der Waals surface area contributed by atoms with Crippen LogP contribution in [-0.2, 0) is 19.0 Å². The number of H-pyrrole nitrogens is 1. The predicted octanol–water partition coefficient (Wildman–Crippen LogP) is 6.17. The second-order valence-corrected chi connectivity index (χ2v) is 8.11. The molecule has 1 aliphatic heterocycles. The molecule has 0 spiro atoms. The molecule has 0 saturated carbocycles. The van der Waals surface area contributed by atoms with Crippen molar-refractivity contribution in [1.82, 2.24) is 9.88 Å². The minimum absolute atomic E-state index is 0.00468. The summed E-state index contributed by atoms with van der Waals surface area (Å²) in [6, 6.07) is 3.54. The number of likely N-dealkylation sites (tertiary alicyclic amines) is 1. The smallest absolute Gasteiger partial charge is 0.361 e. The quantitative estimate of drug-likeness (QED) is 0.523. The average molecular weight is 446 g/mol. The molecule has 1 aliphatic rings. The van der Waals surface area contributed by atoms with Gasteiger partial charge in [0.1, 0.15) is 0 Å². The van der Waals surface area contributed by atoms with E-state index in [0.717, 1.165) is 48.3 Å². The Balaban J connectivity index is 1.87. The van der Waals surface area contributed by atoms with Crippen molar-refractivity contribution < 1.29 is 18.0 Å². The van der Waals surface area contributed by atoms with Crippen molar-refractivity contribution in [1.29, 1.82) is 0 Å². The average Bonchev–Trinajstić information content (AvgIpc) is 3.32. The highest BCUT2D eigenvalue weighted by Gasteiger charge is 2.33. The molecule has 0 unspecified atom stereocenters. The first kappa shape index (κ1) is 21.9. The van der Waals surface area contributed by atoms with Crippen molar-refractivity contribution in [2.24, 2.45) is 0 Å². The van der Waals surface area contributed by atoms with Gasteiger partial charge < -0.3 is 14.6 Å². The van der Waals surface area contributed by atoms with Crippen molar-refractivity contribution in [3.63, 3.8) is 0 Å². The topological polar surface area (TPSA) is 48.1 Å². The van der Waals surface area contributed by atoms with Gasteiger partial charge in [0.15, 0.2) is 0 Å². The van der Waals surface area contributed by atoms with Gasteiger partial charge in [-0.05, 0) is 55.8 Å². The molecular formula is C20H23ClF3N3OS. The lowest BCUT2D eigenvalue weighted by atomic mass is 10.1. The largest absolute Gasteiger partial charge is 0.417 e. The zero-order valence-electron chi connectivity index (χ0n) is 16.3. The third kappa shape index (κ3) is 4.69. The van der Waals surface area contributed by atoms with Crippen LogP contribution in [0.15, 0.2) is 23.1 Å². The lowest BCUT2D eigenvalue weighted by Crippen LogP contribution is -2.28. The number of nitrogens with zero attached hydrogens (tertiary/aromatic N) is 1. The summed E-state index contributed by atoms with van der Waals surface area (Å²) < 4.78 is 41.8. The third-order valence-electron chi connectivity index (χ3n) is 4.96. The van der Waals surface area contributed by atoms with Crippen LogP contribution in [-0.4, -0.2) is 28.9 Å². The van der Waals surface area contributed by atoms with Gasteiger partial charge in [-0.1, -0.05) is 25.4 Å². The fourth-order valence-corrected chi connectivity index (χ4v) is 4.70. The van der Waals surface area contributed by atoms with Gasteiger partial charge in [-0.15, -0.1) is 0 Å². The van der Waals surface area contributed by atoms with Gasteiger partial charge in [-0.2, -0.15) is 13.2 Å². The van der Waals surface area contributed by atoms with E-state index in [0.29, 0.717) is 24.1 Å². The lowest BCUT2D eigenvalue weighted by molar-refractivity contribution is -0.137. The number of amides is 1. The first-order valence-electron chi connectivity index (χ1n) is 9.58. The van der Waals surface area contributed by atoms with Gasteiger partial charge in [-0.3, -0.25) is 4.79 Å². The van der Waals surface area contributed by atoms with E-state index < -0.39 is 11.7 Å². The Hall–Kier alpha value is -1.80. The van der Waals surface area contributed by atoms with Crippen LogP contribution < -0.4 is 4.72 Å². The molecule has 1 aromatic carbocycles. The van der Waals surface area contributed by atoms with E-state index in [-0.39, 0.29) is 10.9 Å². The molecule has 2 aromatic rings. The van der Waals surface area contributed by atoms with Crippen LogP contribution in [0.4, 0.5) is 18.9 Å². The summed E-state index contributed by atoms with van der Waals surface area (Å²) in [7, 11) is 0. The first-order chi connectivity index (χ1) is 13.8. The number of halogens is 4. The highest BCUT2D eigenvalue weighted by atomic mass is 35.5. The Morgan fingerprint density at radius 1 is 1.21 bits per heavy atom. The maximum Gasteiger partial charge on any atom is 0.417 e. The Bertz CT molecular complexity index is 892. The summed E-state index contributed by atoms with van der Waals surface area (Å²) in [5, 5.41) is -0.365. The number of rotatable bonds is 6. The molecule has 3 rings (SSSR count). The van der Waals surface area contributed by atoms with Gasteiger partial charge in [0.2, 0.25) is 0 Å². The zero-order valence-corrected chi connectivity index (χ0v) is 17.8. The molecule has 1 aromatic heterocycles. The van der Waals surface area contributed by atoms with Crippen LogP contribution in [0.2, 0.25) is 5.02 Å². The number of anilines is 1. The van der Waals surface area contributed by atoms with Crippen molar-refractivity contribution >= 4 is 35.1 Å². The monoisotopic (exact) mass is 445 g/mol. The third-order valence-corrected chi connectivity index (χ3v) is 6.27. The molecule has 158 valence electrons. The number of aromatic amines is 1. The molecule has 0 aliphatic carbocycles. The lowest BCUT2D eigenvalue weighted by Gasteiger charge is -2.17. The second kappa shape index (κ2) is 8.92. The van der Waals surface area contributed by atoms with Crippen molar-refractivity contribution in [2.75, 3.05) is 17.8 Å². The number of hydrogen-bond donors (Lipinski definition) is 2. The van der Waals surface area contributed by atoms with Gasteiger partial charge in [0.05, 0.1) is 21.0 Å². The molecule has 4 nitrogen and oxygen atoms in total. The fourth-order valence-electron chi connectivity index (χ4n) is 3.44. The zero-order chi connectivity index (χ0) is 21.2. The van der Waals surface area contributed by atoms with Crippen molar-refractivity contribution in [2.45, 2.75) is 50.6 Å². The summed E-state index contributed by atoms with van der Waals surface area (Å²) in [5.41, 5.74) is 2.04. The Morgan fingerprint density at radius 3 is 2.41 bits per heavy atom. The summed E-state index contributed by atoms with van der Waals surface area (Å²) in [4.78, 5) is 19.1. The molecule has 0 bridgehead atoms. The van der Waals surface area contributed by atoms with E-state index >= 15 is 0 Å². The second-order valence-electron chi connectivity index (χ2n) is 6.89. The summed E-state index contributed by atoms with van der Waals surface area (Å²) >= 11 is 7.04. The normalized spacial score (nSPS) is 14.5. The maximum atomic E-state index is 13.1. The van der Waals surface area contributed by atoms with E-state index in [4.69, 9.17) is 11.6 Å². The predicted molar refractivity (Wildman–Crippen MR) is 111 cm³/mol. The standard InChI is InChI=1S/C20H23ClF3N3OS/c1-3-15-17(19(28)27-9-5-6-10-27)18(16(4-2)25-15)29-26-12-7-8-13(14(21)11-12)20(22,23)24/h7-8,11,25-26H,3-6,9-10H2,1-2H3. The van der Waals surface area contributed by atoms with Gasteiger partial charge in [0, 0.05) is 30.2 Å². The van der Waals surface area contributed by atoms with E-state index in [2.05, 4.69) is 9.71 Å². The first-order valence-corrected chi connectivity index (χ1v) is 10.8.